The lowest BCUT2D eigenvalue weighted by atomic mass is 10.2. The monoisotopic (exact) mass is 350 g/mol. The van der Waals surface area contributed by atoms with Crippen molar-refractivity contribution in [3.05, 3.63) is 72.6 Å². The molecule has 1 aromatic heterocycles. The van der Waals surface area contributed by atoms with E-state index in [0.717, 1.165) is 21.2 Å². The molecule has 0 bridgehead atoms. The van der Waals surface area contributed by atoms with Gasteiger partial charge in [0.15, 0.2) is 6.61 Å². The van der Waals surface area contributed by atoms with Gasteiger partial charge in [-0.15, -0.1) is 0 Å². The Morgan fingerprint density at radius 2 is 1.56 bits per heavy atom. The first-order valence-electron chi connectivity index (χ1n) is 7.73. The molecule has 0 unspecified atom stereocenters. The summed E-state index contributed by atoms with van der Waals surface area (Å²) >= 11 is 1.62. The predicted molar refractivity (Wildman–Crippen MR) is 95.2 cm³/mol. The van der Waals surface area contributed by atoms with Crippen LogP contribution in [0.1, 0.15) is 10.5 Å². The van der Waals surface area contributed by atoms with Crippen LogP contribution in [0.3, 0.4) is 0 Å². The number of H-pyrrole nitrogens is 1. The summed E-state index contributed by atoms with van der Waals surface area (Å²) in [6.07, 6.45) is 1.63. The highest BCUT2D eigenvalue weighted by molar-refractivity contribution is 7.99. The summed E-state index contributed by atoms with van der Waals surface area (Å²) in [5, 5.41) is 0. The van der Waals surface area contributed by atoms with Gasteiger partial charge in [-0.2, -0.15) is 0 Å². The highest BCUT2D eigenvalue weighted by atomic mass is 32.2. The standard InChI is InChI=1S/C19H14N2O3S/c22-18(12-24-19(23)13-6-5-11-20-13)21-14-7-1-3-9-16(14)25-17-10-4-2-8-15(17)21/h1-11,20H,12H2. The number of carbonyl (C=O) groups excluding carboxylic acids is 2. The average Bonchev–Trinajstić information content (AvgIpc) is 3.18. The molecule has 0 fully saturated rings. The van der Waals surface area contributed by atoms with Crippen LogP contribution >= 0.6 is 11.8 Å². The van der Waals surface area contributed by atoms with Crippen LogP contribution < -0.4 is 4.90 Å². The molecule has 0 spiro atoms. The second-order valence-corrected chi connectivity index (χ2v) is 6.51. The third-order valence-corrected chi connectivity index (χ3v) is 4.96. The summed E-state index contributed by atoms with van der Waals surface area (Å²) in [5.41, 5.74) is 1.92. The van der Waals surface area contributed by atoms with E-state index in [-0.39, 0.29) is 12.5 Å². The van der Waals surface area contributed by atoms with Crippen LogP contribution in [0.15, 0.2) is 76.7 Å². The average molecular weight is 350 g/mol. The van der Waals surface area contributed by atoms with Gasteiger partial charge in [-0.1, -0.05) is 36.0 Å². The highest BCUT2D eigenvalue weighted by Crippen LogP contribution is 2.47. The topological polar surface area (TPSA) is 62.4 Å². The van der Waals surface area contributed by atoms with Crippen LogP contribution in [0.25, 0.3) is 0 Å². The Bertz CT molecular complexity index is 892. The van der Waals surface area contributed by atoms with Gasteiger partial charge in [-0.3, -0.25) is 9.69 Å². The number of ether oxygens (including phenoxy) is 1. The van der Waals surface area contributed by atoms with Gasteiger partial charge in [0.1, 0.15) is 5.69 Å². The number of benzene rings is 2. The fraction of sp³-hybridized carbons (Fsp3) is 0.0526. The third-order valence-electron chi connectivity index (χ3n) is 3.83. The van der Waals surface area contributed by atoms with E-state index in [1.54, 1.807) is 35.0 Å². The van der Waals surface area contributed by atoms with Crippen molar-refractivity contribution in [3.63, 3.8) is 0 Å². The van der Waals surface area contributed by atoms with E-state index in [4.69, 9.17) is 4.74 Å². The lowest BCUT2D eigenvalue weighted by Crippen LogP contribution is -2.32. The number of aromatic nitrogens is 1. The SMILES string of the molecule is O=C(OCC(=O)N1c2ccccc2Sc2ccccc21)c1ccc[nH]1. The van der Waals surface area contributed by atoms with E-state index >= 15 is 0 Å². The molecule has 4 rings (SSSR count). The molecule has 6 heteroatoms. The molecule has 1 aliphatic rings. The number of fused-ring (bicyclic) bond motifs is 2. The second-order valence-electron chi connectivity index (χ2n) is 5.43. The zero-order valence-corrected chi connectivity index (χ0v) is 14.0. The number of hydrogen-bond acceptors (Lipinski definition) is 4. The first-order chi connectivity index (χ1) is 12.2. The van der Waals surface area contributed by atoms with Crippen LogP contribution in [0.5, 0.6) is 0 Å². The van der Waals surface area contributed by atoms with Crippen LogP contribution in [0.4, 0.5) is 11.4 Å². The Labute approximate surface area is 148 Å². The van der Waals surface area contributed by atoms with Gasteiger partial charge in [0.05, 0.1) is 11.4 Å². The van der Waals surface area contributed by atoms with Crippen LogP contribution in [0.2, 0.25) is 0 Å². The minimum Gasteiger partial charge on any atom is -0.451 e. The molecule has 0 aliphatic carbocycles. The van der Waals surface area contributed by atoms with Crippen molar-refractivity contribution in [1.29, 1.82) is 0 Å². The Hall–Kier alpha value is -2.99. The maximum Gasteiger partial charge on any atom is 0.355 e. The number of amides is 1. The molecule has 5 nitrogen and oxygen atoms in total. The largest absolute Gasteiger partial charge is 0.451 e. The van der Waals surface area contributed by atoms with E-state index in [2.05, 4.69) is 4.98 Å². The van der Waals surface area contributed by atoms with Crippen molar-refractivity contribution >= 4 is 35.0 Å². The quantitative estimate of drug-likeness (QED) is 0.725. The van der Waals surface area contributed by atoms with Crippen molar-refractivity contribution in [3.8, 4) is 0 Å². The Morgan fingerprint density at radius 1 is 0.920 bits per heavy atom. The lowest BCUT2D eigenvalue weighted by molar-refractivity contribution is -0.121. The summed E-state index contributed by atoms with van der Waals surface area (Å²) in [6, 6.07) is 18.7. The summed E-state index contributed by atoms with van der Waals surface area (Å²) in [5.74, 6) is -0.841. The van der Waals surface area contributed by atoms with Crippen molar-refractivity contribution in [2.24, 2.45) is 0 Å². The minimum absolute atomic E-state index is 0.292. The fourth-order valence-electron chi connectivity index (χ4n) is 2.70. The molecular formula is C19H14N2O3S. The smallest absolute Gasteiger partial charge is 0.355 e. The van der Waals surface area contributed by atoms with E-state index in [0.29, 0.717) is 5.69 Å². The molecule has 2 heterocycles. The molecule has 2 aromatic carbocycles. The lowest BCUT2D eigenvalue weighted by Gasteiger charge is -2.30. The van der Waals surface area contributed by atoms with Crippen molar-refractivity contribution in [2.75, 3.05) is 11.5 Å². The Kier molecular flexibility index (Phi) is 4.03. The van der Waals surface area contributed by atoms with Gasteiger partial charge in [0.2, 0.25) is 0 Å². The van der Waals surface area contributed by atoms with E-state index in [9.17, 15) is 9.59 Å². The number of hydrogen-bond donors (Lipinski definition) is 1. The number of nitrogens with one attached hydrogen (secondary N) is 1. The summed E-state index contributed by atoms with van der Waals surface area (Å²) in [7, 11) is 0. The van der Waals surface area contributed by atoms with Gasteiger partial charge in [-0.05, 0) is 36.4 Å². The van der Waals surface area contributed by atoms with Crippen LogP contribution in [0, 0.1) is 0 Å². The number of rotatable bonds is 3. The highest BCUT2D eigenvalue weighted by Gasteiger charge is 2.28. The molecule has 25 heavy (non-hydrogen) atoms. The normalized spacial score (nSPS) is 12.2. The first-order valence-corrected chi connectivity index (χ1v) is 8.55. The molecule has 1 N–H and O–H groups in total. The number of para-hydroxylation sites is 2. The first kappa shape index (κ1) is 15.5. The van der Waals surface area contributed by atoms with Gasteiger partial charge >= 0.3 is 5.97 Å². The molecule has 0 radical (unpaired) electrons. The van der Waals surface area contributed by atoms with Gasteiger partial charge < -0.3 is 9.72 Å². The van der Waals surface area contributed by atoms with Crippen molar-refractivity contribution in [1.82, 2.24) is 4.98 Å². The van der Waals surface area contributed by atoms with Crippen LogP contribution in [-0.4, -0.2) is 23.5 Å². The van der Waals surface area contributed by atoms with Gasteiger partial charge in [0.25, 0.3) is 5.91 Å². The summed E-state index contributed by atoms with van der Waals surface area (Å²) < 4.78 is 5.16. The molecule has 0 atom stereocenters. The van der Waals surface area contributed by atoms with E-state index in [1.807, 2.05) is 48.5 Å². The predicted octanol–water partition coefficient (Wildman–Crippen LogP) is 4.00. The van der Waals surface area contributed by atoms with E-state index in [1.165, 1.54) is 0 Å². The number of carbonyl (C=O) groups is 2. The number of aromatic amines is 1. The maximum atomic E-state index is 12.8. The zero-order chi connectivity index (χ0) is 17.2. The van der Waals surface area contributed by atoms with Gasteiger partial charge in [0, 0.05) is 16.0 Å². The Balaban J connectivity index is 1.61. The molecule has 1 aliphatic heterocycles. The summed E-state index contributed by atoms with van der Waals surface area (Å²) in [6.45, 7) is -0.328. The molecule has 0 saturated heterocycles. The molecular weight excluding hydrogens is 336 g/mol. The zero-order valence-electron chi connectivity index (χ0n) is 13.1. The fourth-order valence-corrected chi connectivity index (χ4v) is 3.76. The Morgan fingerprint density at radius 3 is 2.16 bits per heavy atom. The number of esters is 1. The van der Waals surface area contributed by atoms with E-state index < -0.39 is 5.97 Å². The summed E-state index contributed by atoms with van der Waals surface area (Å²) in [4.78, 5) is 31.1. The molecule has 124 valence electrons. The second kappa shape index (κ2) is 6.49. The molecule has 3 aromatic rings. The van der Waals surface area contributed by atoms with Crippen molar-refractivity contribution < 1.29 is 14.3 Å². The number of nitrogens with zero attached hydrogens (tertiary/aromatic N) is 1. The minimum atomic E-state index is -0.550. The van der Waals surface area contributed by atoms with Crippen molar-refractivity contribution in [2.45, 2.75) is 9.79 Å². The number of anilines is 2. The third kappa shape index (κ3) is 2.92. The maximum absolute atomic E-state index is 12.8. The van der Waals surface area contributed by atoms with Gasteiger partial charge in [-0.25, -0.2) is 4.79 Å². The molecule has 0 saturated carbocycles. The molecule has 1 amide bonds. The van der Waals surface area contributed by atoms with Crippen LogP contribution in [-0.2, 0) is 9.53 Å².